The third-order valence-corrected chi connectivity index (χ3v) is 1.36. The van der Waals surface area contributed by atoms with Crippen LogP contribution in [0, 0.1) is 12.8 Å². The van der Waals surface area contributed by atoms with Gasteiger partial charge < -0.3 is 10.8 Å². The van der Waals surface area contributed by atoms with Gasteiger partial charge in [-0.15, -0.1) is 0 Å². The molecule has 0 spiro atoms. The minimum absolute atomic E-state index is 0.466. The number of rotatable bonds is 5. The quantitative estimate of drug-likeness (QED) is 0.440. The number of unbranched alkanes of at least 4 members (excludes halogenated alkanes) is 1. The Hall–Kier alpha value is -0.700. The highest BCUT2D eigenvalue weighted by Crippen LogP contribution is 2.05. The molecule has 0 aliphatic rings. The summed E-state index contributed by atoms with van der Waals surface area (Å²) in [6.45, 7) is 4.10. The van der Waals surface area contributed by atoms with Crippen LogP contribution in [0.15, 0.2) is 0 Å². The first-order valence-electron chi connectivity index (χ1n) is 3.44. The molecule has 58 valence electrons. The molecule has 0 aliphatic heterocycles. The lowest BCUT2D eigenvalue weighted by atomic mass is 10.1. The smallest absolute Gasteiger partial charge is 0.351 e. The lowest BCUT2D eigenvalue weighted by molar-refractivity contribution is -0.140. The average Bonchev–Trinajstić information content (AvgIpc) is 1.88. The Balaban J connectivity index is 3.21. The standard InChI is InChI=1S/C7H13NO2/c1-6(7(9)10)4-2-3-5-8/h6H,1-5,8H2/p+1. The molecule has 3 nitrogen and oxygen atoms in total. The SMILES string of the molecule is [CH2+]C(CCCCN)C(=O)O. The van der Waals surface area contributed by atoms with Crippen LogP contribution in [0.5, 0.6) is 0 Å². The van der Waals surface area contributed by atoms with E-state index in [1.807, 2.05) is 0 Å². The first-order chi connectivity index (χ1) is 4.68. The monoisotopic (exact) mass is 144 g/mol. The molecule has 0 radical (unpaired) electrons. The lowest BCUT2D eigenvalue weighted by Crippen LogP contribution is -2.10. The maximum atomic E-state index is 10.2. The molecule has 0 saturated carbocycles. The van der Waals surface area contributed by atoms with E-state index in [2.05, 4.69) is 6.92 Å². The zero-order valence-corrected chi connectivity index (χ0v) is 6.05. The summed E-state index contributed by atoms with van der Waals surface area (Å²) in [6, 6.07) is 0. The number of aliphatic carboxylic acids is 1. The van der Waals surface area contributed by atoms with Gasteiger partial charge in [0.2, 0.25) is 0 Å². The Bertz CT molecular complexity index is 104. The highest BCUT2D eigenvalue weighted by molar-refractivity contribution is 5.70. The number of carbonyl (C=O) groups is 1. The van der Waals surface area contributed by atoms with Crippen LogP contribution >= 0.6 is 0 Å². The second-order valence-electron chi connectivity index (χ2n) is 2.32. The normalized spacial score (nSPS) is 12.9. The van der Waals surface area contributed by atoms with Crippen LogP contribution in [0.25, 0.3) is 0 Å². The van der Waals surface area contributed by atoms with Crippen molar-refractivity contribution in [2.75, 3.05) is 6.54 Å². The van der Waals surface area contributed by atoms with Crippen LogP contribution in [0.3, 0.4) is 0 Å². The van der Waals surface area contributed by atoms with Gasteiger partial charge in [-0.25, -0.2) is 4.79 Å². The average molecular weight is 144 g/mol. The summed E-state index contributed by atoms with van der Waals surface area (Å²) in [6.07, 6.45) is 2.38. The Morgan fingerprint density at radius 2 is 2.20 bits per heavy atom. The van der Waals surface area contributed by atoms with Crippen molar-refractivity contribution in [2.24, 2.45) is 11.7 Å². The first-order valence-corrected chi connectivity index (χ1v) is 3.44. The van der Waals surface area contributed by atoms with Crippen molar-refractivity contribution in [3.8, 4) is 0 Å². The fourth-order valence-corrected chi connectivity index (χ4v) is 0.659. The Kier molecular flexibility index (Phi) is 4.76. The summed E-state index contributed by atoms with van der Waals surface area (Å²) in [5.41, 5.74) is 5.22. The van der Waals surface area contributed by atoms with Crippen LogP contribution in [-0.2, 0) is 4.79 Å². The van der Waals surface area contributed by atoms with Crippen LogP contribution in [0.2, 0.25) is 0 Å². The molecular weight excluding hydrogens is 130 g/mol. The molecule has 1 unspecified atom stereocenters. The minimum atomic E-state index is -0.822. The van der Waals surface area contributed by atoms with Gasteiger partial charge in [-0.05, 0) is 19.4 Å². The van der Waals surface area contributed by atoms with E-state index in [1.165, 1.54) is 0 Å². The number of carboxylic acids is 1. The van der Waals surface area contributed by atoms with Gasteiger partial charge in [0.25, 0.3) is 0 Å². The molecule has 0 saturated heterocycles. The molecule has 3 heteroatoms. The Labute approximate surface area is 61.2 Å². The lowest BCUT2D eigenvalue weighted by Gasteiger charge is -1.97. The molecule has 0 amide bonds. The maximum absolute atomic E-state index is 10.2. The molecule has 10 heavy (non-hydrogen) atoms. The van der Waals surface area contributed by atoms with Crippen molar-refractivity contribution in [3.05, 3.63) is 6.92 Å². The second-order valence-corrected chi connectivity index (χ2v) is 2.32. The van der Waals surface area contributed by atoms with E-state index in [4.69, 9.17) is 10.8 Å². The number of hydrogen-bond donors (Lipinski definition) is 2. The number of nitrogens with two attached hydrogens (primary N) is 1. The Morgan fingerprint density at radius 1 is 1.60 bits per heavy atom. The van der Waals surface area contributed by atoms with Gasteiger partial charge in [0.15, 0.2) is 5.92 Å². The summed E-state index contributed by atoms with van der Waals surface area (Å²) in [5.74, 6) is -1.29. The van der Waals surface area contributed by atoms with E-state index in [0.29, 0.717) is 13.0 Å². The van der Waals surface area contributed by atoms with Gasteiger partial charge in [0.05, 0.1) is 6.92 Å². The minimum Gasteiger partial charge on any atom is -0.478 e. The molecule has 0 aromatic carbocycles. The van der Waals surface area contributed by atoms with Crippen molar-refractivity contribution in [1.82, 2.24) is 0 Å². The summed E-state index contributed by atoms with van der Waals surface area (Å²) in [5, 5.41) is 8.39. The van der Waals surface area contributed by atoms with Crippen molar-refractivity contribution in [2.45, 2.75) is 19.3 Å². The van der Waals surface area contributed by atoms with E-state index in [-0.39, 0.29) is 0 Å². The molecule has 0 aliphatic carbocycles. The largest absolute Gasteiger partial charge is 0.478 e. The number of hydrogen-bond acceptors (Lipinski definition) is 2. The van der Waals surface area contributed by atoms with E-state index in [1.54, 1.807) is 0 Å². The summed E-state index contributed by atoms with van der Waals surface area (Å²) in [7, 11) is 0. The van der Waals surface area contributed by atoms with E-state index in [9.17, 15) is 4.79 Å². The van der Waals surface area contributed by atoms with E-state index < -0.39 is 11.9 Å². The van der Waals surface area contributed by atoms with Crippen LogP contribution in [0.1, 0.15) is 19.3 Å². The summed E-state index contributed by atoms with van der Waals surface area (Å²) < 4.78 is 0. The highest BCUT2D eigenvalue weighted by atomic mass is 16.4. The molecule has 0 fully saturated rings. The number of carboxylic acid groups (broad SMARTS) is 1. The van der Waals surface area contributed by atoms with Gasteiger partial charge in [0.1, 0.15) is 0 Å². The van der Waals surface area contributed by atoms with Gasteiger partial charge in [-0.2, -0.15) is 0 Å². The van der Waals surface area contributed by atoms with Gasteiger partial charge in [-0.1, -0.05) is 0 Å². The molecule has 0 aromatic rings. The Morgan fingerprint density at radius 3 is 2.60 bits per heavy atom. The zero-order chi connectivity index (χ0) is 7.98. The maximum Gasteiger partial charge on any atom is 0.351 e. The van der Waals surface area contributed by atoms with Gasteiger partial charge >= 0.3 is 5.97 Å². The third kappa shape index (κ3) is 4.21. The molecule has 0 aromatic heterocycles. The molecule has 0 bridgehead atoms. The first kappa shape index (κ1) is 9.30. The second kappa shape index (κ2) is 5.11. The summed E-state index contributed by atoms with van der Waals surface area (Å²) >= 11 is 0. The molecule has 0 heterocycles. The fourth-order valence-electron chi connectivity index (χ4n) is 0.659. The third-order valence-electron chi connectivity index (χ3n) is 1.36. The van der Waals surface area contributed by atoms with Crippen LogP contribution < -0.4 is 5.73 Å². The van der Waals surface area contributed by atoms with Crippen molar-refractivity contribution in [1.29, 1.82) is 0 Å². The predicted octanol–water partition coefficient (Wildman–Crippen LogP) is 0.650. The molecule has 3 N–H and O–H groups in total. The van der Waals surface area contributed by atoms with E-state index in [0.717, 1.165) is 12.8 Å². The fraction of sp³-hybridized carbons (Fsp3) is 0.714. The van der Waals surface area contributed by atoms with Crippen molar-refractivity contribution < 1.29 is 9.90 Å². The molecular formula is C7H14NO2+. The van der Waals surface area contributed by atoms with Gasteiger partial charge in [0, 0.05) is 6.42 Å². The molecule has 0 rings (SSSR count). The zero-order valence-electron chi connectivity index (χ0n) is 6.05. The van der Waals surface area contributed by atoms with Crippen molar-refractivity contribution in [3.63, 3.8) is 0 Å². The van der Waals surface area contributed by atoms with Crippen LogP contribution in [0.4, 0.5) is 0 Å². The topological polar surface area (TPSA) is 63.3 Å². The van der Waals surface area contributed by atoms with Gasteiger partial charge in [-0.3, -0.25) is 0 Å². The summed E-state index contributed by atoms with van der Waals surface area (Å²) in [4.78, 5) is 10.2. The molecule has 1 atom stereocenters. The van der Waals surface area contributed by atoms with E-state index >= 15 is 0 Å². The highest BCUT2D eigenvalue weighted by Gasteiger charge is 2.16. The van der Waals surface area contributed by atoms with Crippen LogP contribution in [-0.4, -0.2) is 17.6 Å². The van der Waals surface area contributed by atoms with Crippen molar-refractivity contribution >= 4 is 5.97 Å². The predicted molar refractivity (Wildman–Crippen MR) is 39.4 cm³/mol.